The molecule has 5 nitrogen and oxygen atoms in total. The molecule has 2 saturated heterocycles. The molecule has 0 bridgehead atoms. The van der Waals surface area contributed by atoms with Crippen molar-refractivity contribution in [3.63, 3.8) is 0 Å². The summed E-state index contributed by atoms with van der Waals surface area (Å²) < 4.78 is 0. The number of aryl methyl sites for hydroxylation is 1. The molecular formula is C35H37N3O2. The van der Waals surface area contributed by atoms with E-state index in [0.29, 0.717) is 11.9 Å². The fraction of sp³-hybridized carbons (Fsp3) is 0.371. The van der Waals surface area contributed by atoms with Gasteiger partial charge < -0.3 is 9.80 Å². The van der Waals surface area contributed by atoms with E-state index < -0.39 is 0 Å². The van der Waals surface area contributed by atoms with Gasteiger partial charge in [-0.3, -0.25) is 14.5 Å². The summed E-state index contributed by atoms with van der Waals surface area (Å²) >= 11 is 0. The third-order valence-corrected chi connectivity index (χ3v) is 9.43. The highest BCUT2D eigenvalue weighted by Gasteiger charge is 2.36. The molecule has 0 aliphatic carbocycles. The SMILES string of the molecule is O=C(c1c2ccccc2cc2ccccc12)N1CCC(N2CCCC(C(=O)N3CCCc4ccccc43)C2)CC1. The minimum atomic E-state index is 0.0571. The van der Waals surface area contributed by atoms with Gasteiger partial charge in [-0.15, -0.1) is 0 Å². The average molecular weight is 532 g/mol. The molecule has 4 aromatic rings. The van der Waals surface area contributed by atoms with Gasteiger partial charge in [0.05, 0.1) is 11.5 Å². The molecule has 40 heavy (non-hydrogen) atoms. The van der Waals surface area contributed by atoms with E-state index in [2.05, 4.69) is 63.2 Å². The maximum Gasteiger partial charge on any atom is 0.255 e. The first-order chi connectivity index (χ1) is 19.7. The number of piperidine rings is 2. The smallest absolute Gasteiger partial charge is 0.255 e. The van der Waals surface area contributed by atoms with Gasteiger partial charge in [0.15, 0.2) is 0 Å². The van der Waals surface area contributed by atoms with Crippen LogP contribution >= 0.6 is 0 Å². The van der Waals surface area contributed by atoms with Gasteiger partial charge in [0, 0.05) is 37.9 Å². The van der Waals surface area contributed by atoms with Crippen molar-refractivity contribution in [1.29, 1.82) is 0 Å². The molecule has 3 aliphatic rings. The van der Waals surface area contributed by atoms with Crippen molar-refractivity contribution in [3.05, 3.63) is 90.0 Å². The number of nitrogens with zero attached hydrogens (tertiary/aromatic N) is 3. The number of rotatable bonds is 3. The zero-order valence-corrected chi connectivity index (χ0v) is 23.1. The van der Waals surface area contributed by atoms with E-state index >= 15 is 0 Å². The first-order valence-corrected chi connectivity index (χ1v) is 15.0. The maximum absolute atomic E-state index is 14.0. The molecule has 3 heterocycles. The Morgan fingerprint density at radius 1 is 0.700 bits per heavy atom. The highest BCUT2D eigenvalue weighted by atomic mass is 16.2. The van der Waals surface area contributed by atoms with Crippen LogP contribution < -0.4 is 4.90 Å². The normalized spacial score (nSPS) is 20.6. The first kappa shape index (κ1) is 25.3. The zero-order valence-electron chi connectivity index (χ0n) is 23.1. The summed E-state index contributed by atoms with van der Waals surface area (Å²) in [5.74, 6) is 0.496. The van der Waals surface area contributed by atoms with Crippen LogP contribution in [0.25, 0.3) is 21.5 Å². The Morgan fingerprint density at radius 3 is 2.12 bits per heavy atom. The number of benzene rings is 4. The number of hydrogen-bond donors (Lipinski definition) is 0. The second-order valence-electron chi connectivity index (χ2n) is 11.8. The van der Waals surface area contributed by atoms with E-state index in [4.69, 9.17) is 0 Å². The third-order valence-electron chi connectivity index (χ3n) is 9.43. The molecule has 0 spiro atoms. The van der Waals surface area contributed by atoms with Gasteiger partial charge in [-0.05, 0) is 84.3 Å². The minimum Gasteiger partial charge on any atom is -0.338 e. The molecule has 7 rings (SSSR count). The van der Waals surface area contributed by atoms with Crippen molar-refractivity contribution in [1.82, 2.24) is 9.80 Å². The fourth-order valence-corrected chi connectivity index (χ4v) is 7.36. The monoisotopic (exact) mass is 531 g/mol. The summed E-state index contributed by atoms with van der Waals surface area (Å²) in [4.78, 5) is 34.4. The molecule has 0 N–H and O–H groups in total. The molecule has 1 atom stereocenters. The van der Waals surface area contributed by atoms with Crippen LogP contribution in [0.3, 0.4) is 0 Å². The Bertz CT molecular complexity index is 1520. The van der Waals surface area contributed by atoms with Crippen LogP contribution in [-0.4, -0.2) is 60.4 Å². The van der Waals surface area contributed by atoms with E-state index in [0.717, 1.165) is 104 Å². The predicted octanol–water partition coefficient (Wildman–Crippen LogP) is 6.29. The van der Waals surface area contributed by atoms with Gasteiger partial charge in [-0.25, -0.2) is 0 Å². The molecule has 5 heteroatoms. The Labute approximate surface area is 236 Å². The second kappa shape index (κ2) is 10.7. The summed E-state index contributed by atoms with van der Waals surface area (Å²) in [6.07, 6.45) is 6.05. The predicted molar refractivity (Wildman–Crippen MR) is 162 cm³/mol. The molecule has 0 saturated carbocycles. The van der Waals surface area contributed by atoms with Crippen molar-refractivity contribution in [2.75, 3.05) is 37.6 Å². The topological polar surface area (TPSA) is 43.9 Å². The van der Waals surface area contributed by atoms with Crippen LogP contribution in [-0.2, 0) is 11.2 Å². The summed E-state index contributed by atoms with van der Waals surface area (Å²) in [6.45, 7) is 4.23. The van der Waals surface area contributed by atoms with E-state index in [9.17, 15) is 9.59 Å². The standard InChI is InChI=1S/C35H37N3O2/c39-34(38-20-8-12-25-9-3-6-16-32(25)38)28-13-7-19-37(24-28)29-17-21-36(22-18-29)35(40)33-30-14-4-1-10-26(30)23-27-11-2-5-15-31(27)33/h1-6,9-11,14-16,23,28-29H,7-8,12-13,17-22,24H2. The van der Waals surface area contributed by atoms with Gasteiger partial charge in [0.1, 0.15) is 0 Å². The molecule has 204 valence electrons. The van der Waals surface area contributed by atoms with Crippen molar-refractivity contribution in [2.45, 2.75) is 44.6 Å². The summed E-state index contributed by atoms with van der Waals surface area (Å²) in [5.41, 5.74) is 3.24. The van der Waals surface area contributed by atoms with Gasteiger partial charge in [0.2, 0.25) is 5.91 Å². The van der Waals surface area contributed by atoms with Crippen molar-refractivity contribution >= 4 is 39.0 Å². The maximum atomic E-state index is 14.0. The van der Waals surface area contributed by atoms with E-state index in [1.165, 1.54) is 5.56 Å². The molecule has 2 amide bonds. The lowest BCUT2D eigenvalue weighted by molar-refractivity contribution is -0.124. The van der Waals surface area contributed by atoms with Gasteiger partial charge in [0.25, 0.3) is 5.91 Å². The number of carbonyl (C=O) groups is 2. The largest absolute Gasteiger partial charge is 0.338 e. The van der Waals surface area contributed by atoms with Crippen molar-refractivity contribution < 1.29 is 9.59 Å². The van der Waals surface area contributed by atoms with Crippen LogP contribution in [0.5, 0.6) is 0 Å². The number of amides is 2. The molecule has 4 aromatic carbocycles. The number of anilines is 1. The summed E-state index contributed by atoms with van der Waals surface area (Å²) in [6, 6.07) is 27.5. The molecule has 1 unspecified atom stereocenters. The van der Waals surface area contributed by atoms with Crippen molar-refractivity contribution in [2.24, 2.45) is 5.92 Å². The van der Waals surface area contributed by atoms with E-state index in [1.807, 2.05) is 30.3 Å². The first-order valence-electron chi connectivity index (χ1n) is 15.0. The number of hydrogen-bond acceptors (Lipinski definition) is 3. The lowest BCUT2D eigenvalue weighted by Crippen LogP contribution is -2.52. The molecule has 3 aliphatic heterocycles. The second-order valence-corrected chi connectivity index (χ2v) is 11.8. The molecular weight excluding hydrogens is 494 g/mol. The zero-order chi connectivity index (χ0) is 27.1. The summed E-state index contributed by atoms with van der Waals surface area (Å²) in [5, 5.41) is 4.29. The molecule has 0 radical (unpaired) electrons. The number of para-hydroxylation sites is 1. The van der Waals surface area contributed by atoms with Gasteiger partial charge in [-0.2, -0.15) is 0 Å². The third kappa shape index (κ3) is 4.56. The minimum absolute atomic E-state index is 0.0571. The lowest BCUT2D eigenvalue weighted by atomic mass is 9.91. The van der Waals surface area contributed by atoms with Crippen molar-refractivity contribution in [3.8, 4) is 0 Å². The molecule has 2 fully saturated rings. The quantitative estimate of drug-likeness (QED) is 0.292. The van der Waals surface area contributed by atoms with E-state index in [1.54, 1.807) is 0 Å². The van der Waals surface area contributed by atoms with Gasteiger partial charge >= 0.3 is 0 Å². The Morgan fingerprint density at radius 2 is 1.38 bits per heavy atom. The van der Waals surface area contributed by atoms with Crippen LogP contribution in [0.4, 0.5) is 5.69 Å². The fourth-order valence-electron chi connectivity index (χ4n) is 7.36. The number of fused-ring (bicyclic) bond motifs is 3. The average Bonchev–Trinajstić information content (AvgIpc) is 3.03. The van der Waals surface area contributed by atoms with Crippen LogP contribution in [0.15, 0.2) is 78.9 Å². The number of carbonyl (C=O) groups excluding carboxylic acids is 2. The van der Waals surface area contributed by atoms with Gasteiger partial charge in [-0.1, -0.05) is 66.7 Å². The van der Waals surface area contributed by atoms with Crippen LogP contribution in [0, 0.1) is 5.92 Å². The van der Waals surface area contributed by atoms with Crippen LogP contribution in [0.1, 0.15) is 48.0 Å². The Balaban J connectivity index is 1.04. The van der Waals surface area contributed by atoms with E-state index in [-0.39, 0.29) is 11.8 Å². The number of likely N-dealkylation sites (tertiary alicyclic amines) is 2. The molecule has 0 aromatic heterocycles. The highest BCUT2D eigenvalue weighted by Crippen LogP contribution is 2.33. The Kier molecular flexibility index (Phi) is 6.76. The summed E-state index contributed by atoms with van der Waals surface area (Å²) in [7, 11) is 0. The Hall–Kier alpha value is -3.70. The van der Waals surface area contributed by atoms with Crippen LogP contribution in [0.2, 0.25) is 0 Å². The lowest BCUT2D eigenvalue weighted by Gasteiger charge is -2.43. The highest BCUT2D eigenvalue weighted by molar-refractivity contribution is 6.18.